The van der Waals surface area contributed by atoms with Crippen molar-refractivity contribution < 1.29 is 0 Å². The van der Waals surface area contributed by atoms with E-state index in [0.29, 0.717) is 0 Å². The van der Waals surface area contributed by atoms with Crippen LogP contribution in [0.3, 0.4) is 0 Å². The maximum Gasteiger partial charge on any atom is 0.0802 e. The molecule has 2 heterocycles. The first-order valence-corrected chi connectivity index (χ1v) is 5.31. The summed E-state index contributed by atoms with van der Waals surface area (Å²) in [5.41, 5.74) is 2.02. The zero-order chi connectivity index (χ0) is 11.2. The van der Waals surface area contributed by atoms with Gasteiger partial charge in [-0.25, -0.2) is 0 Å². The van der Waals surface area contributed by atoms with Crippen LogP contribution < -0.4 is 5.32 Å². The molecule has 1 N–H and O–H groups in total. The number of nitrogens with zero attached hydrogens (tertiary/aromatic N) is 3. The van der Waals surface area contributed by atoms with E-state index in [-0.39, 0.29) is 6.04 Å². The van der Waals surface area contributed by atoms with Gasteiger partial charge >= 0.3 is 0 Å². The molecule has 0 spiro atoms. The molecule has 0 amide bonds. The third kappa shape index (κ3) is 2.41. The maximum atomic E-state index is 4.32. The minimum Gasteiger partial charge on any atom is -0.305 e. The molecule has 0 aliphatic carbocycles. The number of nitrogens with one attached hydrogen (secondary N) is 1. The van der Waals surface area contributed by atoms with Gasteiger partial charge in [0.2, 0.25) is 0 Å². The first-order valence-electron chi connectivity index (χ1n) is 5.31. The van der Waals surface area contributed by atoms with Crippen LogP contribution in [0.15, 0.2) is 43.1 Å². The lowest BCUT2D eigenvalue weighted by Crippen LogP contribution is -2.23. The molecular formula is C12H14N4. The Labute approximate surface area is 94.8 Å². The molecular weight excluding hydrogens is 200 g/mol. The Balaban J connectivity index is 2.31. The summed E-state index contributed by atoms with van der Waals surface area (Å²) < 4.78 is 0. The van der Waals surface area contributed by atoms with Crippen molar-refractivity contribution in [1.82, 2.24) is 20.3 Å². The molecule has 0 radical (unpaired) electrons. The van der Waals surface area contributed by atoms with Crippen LogP contribution in [0.1, 0.15) is 24.2 Å². The van der Waals surface area contributed by atoms with Crippen LogP contribution in [0.4, 0.5) is 0 Å². The molecule has 82 valence electrons. The number of aromatic nitrogens is 3. The average molecular weight is 214 g/mol. The second-order valence-corrected chi connectivity index (χ2v) is 3.41. The Kier molecular flexibility index (Phi) is 3.56. The summed E-state index contributed by atoms with van der Waals surface area (Å²) in [6.45, 7) is 2.94. The lowest BCUT2D eigenvalue weighted by molar-refractivity contribution is 0.611. The topological polar surface area (TPSA) is 50.7 Å². The van der Waals surface area contributed by atoms with E-state index in [1.165, 1.54) is 0 Å². The van der Waals surface area contributed by atoms with Crippen LogP contribution in [0.5, 0.6) is 0 Å². The molecule has 0 aliphatic rings. The fourth-order valence-electron chi connectivity index (χ4n) is 1.60. The Bertz CT molecular complexity index is 376. The number of hydrogen-bond acceptors (Lipinski definition) is 4. The predicted octanol–water partition coefficient (Wildman–Crippen LogP) is 1.57. The summed E-state index contributed by atoms with van der Waals surface area (Å²) in [7, 11) is 0. The minimum atomic E-state index is 0.0624. The zero-order valence-electron chi connectivity index (χ0n) is 9.17. The highest BCUT2D eigenvalue weighted by Gasteiger charge is 2.13. The van der Waals surface area contributed by atoms with Gasteiger partial charge in [0, 0.05) is 24.8 Å². The van der Waals surface area contributed by atoms with Crippen LogP contribution in [-0.4, -0.2) is 21.5 Å². The van der Waals surface area contributed by atoms with E-state index in [2.05, 4.69) is 27.2 Å². The van der Waals surface area contributed by atoms with Gasteiger partial charge in [-0.15, -0.1) is 0 Å². The highest BCUT2D eigenvalue weighted by molar-refractivity contribution is 5.23. The van der Waals surface area contributed by atoms with Gasteiger partial charge in [-0.05, 0) is 18.2 Å². The van der Waals surface area contributed by atoms with Crippen molar-refractivity contribution in [2.45, 2.75) is 13.0 Å². The first-order chi connectivity index (χ1) is 7.92. The number of pyridine rings is 1. The monoisotopic (exact) mass is 214 g/mol. The summed E-state index contributed by atoms with van der Waals surface area (Å²) in [5, 5.41) is 3.37. The highest BCUT2D eigenvalue weighted by Crippen LogP contribution is 2.17. The van der Waals surface area contributed by atoms with Crippen molar-refractivity contribution in [2.75, 3.05) is 6.54 Å². The summed E-state index contributed by atoms with van der Waals surface area (Å²) >= 11 is 0. The van der Waals surface area contributed by atoms with E-state index in [4.69, 9.17) is 0 Å². The molecule has 1 unspecified atom stereocenters. The minimum absolute atomic E-state index is 0.0624. The average Bonchev–Trinajstić information content (AvgIpc) is 2.38. The van der Waals surface area contributed by atoms with Gasteiger partial charge < -0.3 is 5.32 Å². The van der Waals surface area contributed by atoms with Gasteiger partial charge in [0.15, 0.2) is 0 Å². The third-order valence-corrected chi connectivity index (χ3v) is 2.30. The zero-order valence-corrected chi connectivity index (χ0v) is 9.17. The molecule has 4 heteroatoms. The van der Waals surface area contributed by atoms with Gasteiger partial charge in [-0.2, -0.15) is 0 Å². The molecule has 0 fully saturated rings. The smallest absolute Gasteiger partial charge is 0.0802 e. The van der Waals surface area contributed by atoms with Gasteiger partial charge in [0.05, 0.1) is 17.9 Å². The number of rotatable bonds is 4. The Hall–Kier alpha value is -1.81. The van der Waals surface area contributed by atoms with Crippen molar-refractivity contribution in [3.05, 3.63) is 54.4 Å². The molecule has 2 aromatic rings. The molecule has 0 aliphatic heterocycles. The summed E-state index contributed by atoms with van der Waals surface area (Å²) in [6.07, 6.45) is 8.78. The van der Waals surface area contributed by atoms with Crippen molar-refractivity contribution in [2.24, 2.45) is 0 Å². The van der Waals surface area contributed by atoms with E-state index >= 15 is 0 Å². The SMILES string of the molecule is CCNC(c1cccnc1)c1cnccn1. The summed E-state index contributed by atoms with van der Waals surface area (Å²) in [4.78, 5) is 12.5. The molecule has 2 rings (SSSR count). The summed E-state index contributed by atoms with van der Waals surface area (Å²) in [5.74, 6) is 0. The fraction of sp³-hybridized carbons (Fsp3) is 0.250. The molecule has 16 heavy (non-hydrogen) atoms. The van der Waals surface area contributed by atoms with Crippen LogP contribution in [0, 0.1) is 0 Å². The van der Waals surface area contributed by atoms with E-state index in [1.807, 2.05) is 18.3 Å². The van der Waals surface area contributed by atoms with Crippen molar-refractivity contribution in [1.29, 1.82) is 0 Å². The quantitative estimate of drug-likeness (QED) is 0.839. The Morgan fingerprint density at radius 2 is 2.06 bits per heavy atom. The van der Waals surface area contributed by atoms with Crippen LogP contribution >= 0.6 is 0 Å². The molecule has 0 saturated carbocycles. The van der Waals surface area contributed by atoms with Gasteiger partial charge in [-0.3, -0.25) is 15.0 Å². The van der Waals surface area contributed by atoms with Crippen molar-refractivity contribution in [3.63, 3.8) is 0 Å². The molecule has 0 aromatic carbocycles. The lowest BCUT2D eigenvalue weighted by atomic mass is 10.1. The van der Waals surface area contributed by atoms with Gasteiger partial charge in [0.25, 0.3) is 0 Å². The van der Waals surface area contributed by atoms with Gasteiger partial charge in [-0.1, -0.05) is 13.0 Å². The van der Waals surface area contributed by atoms with Crippen LogP contribution in [0.25, 0.3) is 0 Å². The van der Waals surface area contributed by atoms with Crippen molar-refractivity contribution in [3.8, 4) is 0 Å². The van der Waals surface area contributed by atoms with E-state index in [0.717, 1.165) is 17.8 Å². The Morgan fingerprint density at radius 3 is 2.69 bits per heavy atom. The maximum absolute atomic E-state index is 4.32. The predicted molar refractivity (Wildman–Crippen MR) is 61.8 cm³/mol. The van der Waals surface area contributed by atoms with E-state index < -0.39 is 0 Å². The molecule has 0 bridgehead atoms. The lowest BCUT2D eigenvalue weighted by Gasteiger charge is -2.16. The van der Waals surface area contributed by atoms with E-state index in [9.17, 15) is 0 Å². The normalized spacial score (nSPS) is 12.3. The van der Waals surface area contributed by atoms with Crippen LogP contribution in [0.2, 0.25) is 0 Å². The molecule has 2 aromatic heterocycles. The largest absolute Gasteiger partial charge is 0.305 e. The summed E-state index contributed by atoms with van der Waals surface area (Å²) in [6, 6.07) is 4.03. The van der Waals surface area contributed by atoms with Crippen molar-refractivity contribution >= 4 is 0 Å². The molecule has 0 saturated heterocycles. The second kappa shape index (κ2) is 5.32. The first kappa shape index (κ1) is 10.7. The molecule has 4 nitrogen and oxygen atoms in total. The van der Waals surface area contributed by atoms with E-state index in [1.54, 1.807) is 24.8 Å². The molecule has 1 atom stereocenters. The highest BCUT2D eigenvalue weighted by atomic mass is 14.9. The second-order valence-electron chi connectivity index (χ2n) is 3.41. The van der Waals surface area contributed by atoms with Gasteiger partial charge in [0.1, 0.15) is 0 Å². The standard InChI is InChI=1S/C12H14N4/c1-2-15-12(10-4-3-5-13-8-10)11-9-14-6-7-16-11/h3-9,12,15H,2H2,1H3. The fourth-order valence-corrected chi connectivity index (χ4v) is 1.60. The number of hydrogen-bond donors (Lipinski definition) is 1. The third-order valence-electron chi connectivity index (χ3n) is 2.30. The Morgan fingerprint density at radius 1 is 1.19 bits per heavy atom. The van der Waals surface area contributed by atoms with Crippen LogP contribution in [-0.2, 0) is 0 Å².